The average Bonchev–Trinajstić information content (AvgIpc) is 2.97. The molecule has 0 unspecified atom stereocenters. The van der Waals surface area contributed by atoms with Gasteiger partial charge in [-0.1, -0.05) is 6.92 Å². The van der Waals surface area contributed by atoms with Crippen molar-refractivity contribution in [2.45, 2.75) is 65.2 Å². The van der Waals surface area contributed by atoms with E-state index in [9.17, 15) is 0 Å². The third-order valence-corrected chi connectivity index (χ3v) is 3.27. The van der Waals surface area contributed by atoms with E-state index in [-0.39, 0.29) is 17.7 Å². The maximum Gasteiger partial charge on any atom is 0.0717 e. The van der Waals surface area contributed by atoms with Crippen molar-refractivity contribution < 1.29 is 4.74 Å². The largest absolute Gasteiger partial charge is 0.371 e. The lowest BCUT2D eigenvalue weighted by atomic mass is 10.1. The van der Waals surface area contributed by atoms with Gasteiger partial charge in [-0.2, -0.15) is 0 Å². The number of nitrogens with two attached hydrogens (primary N) is 1. The molecule has 1 aliphatic carbocycles. The molecule has 1 rings (SSSR count). The normalized spacial score (nSPS) is 20.6. The minimum Gasteiger partial charge on any atom is -0.371 e. The highest BCUT2D eigenvalue weighted by Crippen LogP contribution is 2.29. The highest BCUT2D eigenvalue weighted by molar-refractivity contribution is 4.81. The van der Waals surface area contributed by atoms with Crippen LogP contribution < -0.4 is 5.73 Å². The van der Waals surface area contributed by atoms with Crippen LogP contribution in [0.4, 0.5) is 0 Å². The molecule has 102 valence electrons. The summed E-state index contributed by atoms with van der Waals surface area (Å²) in [5.74, 6) is 0.931. The van der Waals surface area contributed by atoms with E-state index in [0.717, 1.165) is 19.0 Å². The molecule has 0 radical (unpaired) electrons. The van der Waals surface area contributed by atoms with Gasteiger partial charge in [-0.3, -0.25) is 0 Å². The Morgan fingerprint density at radius 1 is 1.35 bits per heavy atom. The van der Waals surface area contributed by atoms with E-state index >= 15 is 0 Å². The zero-order valence-electron chi connectivity index (χ0n) is 12.2. The summed E-state index contributed by atoms with van der Waals surface area (Å²) in [7, 11) is 0. The summed E-state index contributed by atoms with van der Waals surface area (Å²) in [5, 5.41) is 0. The molecule has 2 N–H and O–H groups in total. The molecule has 0 spiro atoms. The van der Waals surface area contributed by atoms with E-state index < -0.39 is 0 Å². The van der Waals surface area contributed by atoms with Crippen LogP contribution in [0.3, 0.4) is 0 Å². The van der Waals surface area contributed by atoms with E-state index in [1.807, 2.05) is 0 Å². The van der Waals surface area contributed by atoms with E-state index in [0.29, 0.717) is 0 Å². The Morgan fingerprint density at radius 2 is 1.94 bits per heavy atom. The Labute approximate surface area is 107 Å². The van der Waals surface area contributed by atoms with Crippen LogP contribution in [-0.2, 0) is 4.74 Å². The van der Waals surface area contributed by atoms with Crippen molar-refractivity contribution in [2.75, 3.05) is 19.6 Å². The molecule has 3 heteroatoms. The van der Waals surface area contributed by atoms with Crippen molar-refractivity contribution in [1.82, 2.24) is 4.90 Å². The lowest BCUT2D eigenvalue weighted by molar-refractivity contribution is -0.0645. The summed E-state index contributed by atoms with van der Waals surface area (Å²) in [6, 6.07) is 0.105. The fourth-order valence-corrected chi connectivity index (χ4v) is 2.09. The molecule has 2 atom stereocenters. The van der Waals surface area contributed by atoms with Gasteiger partial charge in [0.1, 0.15) is 0 Å². The number of ether oxygens (including phenoxy) is 1. The highest BCUT2D eigenvalue weighted by Gasteiger charge is 2.26. The van der Waals surface area contributed by atoms with Crippen LogP contribution >= 0.6 is 0 Å². The fourth-order valence-electron chi connectivity index (χ4n) is 2.09. The fraction of sp³-hybridized carbons (Fsp3) is 1.00. The SMILES string of the molecule is CCN(CC1CC1)C[C@@H](N)[C@@H](C)OC(C)(C)C. The molecule has 1 saturated carbocycles. The minimum absolute atomic E-state index is 0.105. The molecule has 0 aromatic carbocycles. The summed E-state index contributed by atoms with van der Waals surface area (Å²) in [4.78, 5) is 2.46. The maximum atomic E-state index is 6.23. The van der Waals surface area contributed by atoms with Crippen LogP contribution in [0.5, 0.6) is 0 Å². The van der Waals surface area contributed by atoms with Crippen molar-refractivity contribution >= 4 is 0 Å². The first kappa shape index (κ1) is 14.9. The zero-order valence-corrected chi connectivity index (χ0v) is 12.2. The summed E-state index contributed by atoms with van der Waals surface area (Å²) in [5.41, 5.74) is 6.12. The summed E-state index contributed by atoms with van der Waals surface area (Å²) >= 11 is 0. The minimum atomic E-state index is -0.107. The van der Waals surface area contributed by atoms with E-state index in [4.69, 9.17) is 10.5 Å². The molecule has 0 saturated heterocycles. The van der Waals surface area contributed by atoms with Gasteiger partial charge in [0.15, 0.2) is 0 Å². The van der Waals surface area contributed by atoms with E-state index in [1.165, 1.54) is 19.4 Å². The van der Waals surface area contributed by atoms with Crippen molar-refractivity contribution in [3.05, 3.63) is 0 Å². The third kappa shape index (κ3) is 6.39. The van der Waals surface area contributed by atoms with Crippen molar-refractivity contribution in [3.63, 3.8) is 0 Å². The van der Waals surface area contributed by atoms with E-state index in [2.05, 4.69) is 39.5 Å². The molecular formula is C14H30N2O. The van der Waals surface area contributed by atoms with Crippen molar-refractivity contribution in [1.29, 1.82) is 0 Å². The maximum absolute atomic E-state index is 6.23. The second-order valence-electron chi connectivity index (χ2n) is 6.39. The molecule has 0 aliphatic heterocycles. The first-order chi connectivity index (χ1) is 7.81. The standard InChI is InChI=1S/C14H30N2O/c1-6-16(9-12-7-8-12)10-13(15)11(2)17-14(3,4)5/h11-13H,6-10,15H2,1-5H3/t11-,13-/m1/s1. The first-order valence-corrected chi connectivity index (χ1v) is 6.97. The Hall–Kier alpha value is -0.120. The lowest BCUT2D eigenvalue weighted by Gasteiger charge is -2.32. The van der Waals surface area contributed by atoms with Crippen LogP contribution in [0.25, 0.3) is 0 Å². The molecule has 0 bridgehead atoms. The smallest absolute Gasteiger partial charge is 0.0717 e. The molecule has 0 amide bonds. The topological polar surface area (TPSA) is 38.5 Å². The van der Waals surface area contributed by atoms with Gasteiger partial charge >= 0.3 is 0 Å². The van der Waals surface area contributed by atoms with Gasteiger partial charge in [0, 0.05) is 19.1 Å². The Morgan fingerprint density at radius 3 is 2.35 bits per heavy atom. The van der Waals surface area contributed by atoms with Crippen LogP contribution in [-0.4, -0.2) is 42.3 Å². The Bertz CT molecular complexity index is 221. The predicted octanol–water partition coefficient (Wildman–Crippen LogP) is 2.25. The highest BCUT2D eigenvalue weighted by atomic mass is 16.5. The number of hydrogen-bond acceptors (Lipinski definition) is 3. The summed E-state index contributed by atoms with van der Waals surface area (Å²) in [6.45, 7) is 13.8. The monoisotopic (exact) mass is 242 g/mol. The molecular weight excluding hydrogens is 212 g/mol. The Balaban J connectivity index is 2.31. The number of hydrogen-bond donors (Lipinski definition) is 1. The van der Waals surface area contributed by atoms with Gasteiger partial charge in [-0.15, -0.1) is 0 Å². The van der Waals surface area contributed by atoms with Gasteiger partial charge in [0.05, 0.1) is 11.7 Å². The molecule has 3 nitrogen and oxygen atoms in total. The van der Waals surface area contributed by atoms with Crippen LogP contribution in [0.15, 0.2) is 0 Å². The molecule has 0 aromatic rings. The van der Waals surface area contributed by atoms with Gasteiger partial charge in [0.2, 0.25) is 0 Å². The quantitative estimate of drug-likeness (QED) is 0.744. The summed E-state index contributed by atoms with van der Waals surface area (Å²) < 4.78 is 5.91. The van der Waals surface area contributed by atoms with Gasteiger partial charge < -0.3 is 15.4 Å². The van der Waals surface area contributed by atoms with Crippen molar-refractivity contribution in [2.24, 2.45) is 11.7 Å². The third-order valence-electron chi connectivity index (χ3n) is 3.27. The number of rotatable bonds is 7. The lowest BCUT2D eigenvalue weighted by Crippen LogP contribution is -2.47. The van der Waals surface area contributed by atoms with Crippen LogP contribution in [0.1, 0.15) is 47.5 Å². The molecule has 1 aliphatic rings. The second-order valence-corrected chi connectivity index (χ2v) is 6.39. The number of nitrogens with zero attached hydrogens (tertiary/aromatic N) is 1. The van der Waals surface area contributed by atoms with Gasteiger partial charge in [0.25, 0.3) is 0 Å². The molecule has 1 fully saturated rings. The average molecular weight is 242 g/mol. The van der Waals surface area contributed by atoms with Gasteiger partial charge in [-0.25, -0.2) is 0 Å². The first-order valence-electron chi connectivity index (χ1n) is 6.97. The second kappa shape index (κ2) is 6.17. The molecule has 17 heavy (non-hydrogen) atoms. The zero-order chi connectivity index (χ0) is 13.1. The van der Waals surface area contributed by atoms with Gasteiger partial charge in [-0.05, 0) is 53.0 Å². The summed E-state index contributed by atoms with van der Waals surface area (Å²) in [6.07, 6.45) is 2.92. The van der Waals surface area contributed by atoms with Crippen molar-refractivity contribution in [3.8, 4) is 0 Å². The van der Waals surface area contributed by atoms with E-state index in [1.54, 1.807) is 0 Å². The predicted molar refractivity (Wildman–Crippen MR) is 73.1 cm³/mol. The number of likely N-dealkylation sites (N-methyl/N-ethyl adjacent to an activating group) is 1. The van der Waals surface area contributed by atoms with Crippen LogP contribution in [0, 0.1) is 5.92 Å². The molecule has 0 heterocycles. The van der Waals surface area contributed by atoms with Crippen LogP contribution in [0.2, 0.25) is 0 Å². The Kier molecular flexibility index (Phi) is 5.42. The molecule has 0 aromatic heterocycles.